The molecule has 21 unspecified atom stereocenters. The lowest BCUT2D eigenvalue weighted by atomic mass is 9.32. The summed E-state index contributed by atoms with van der Waals surface area (Å²) in [6, 6.07) is 0. The van der Waals surface area contributed by atoms with Crippen molar-refractivity contribution in [3.63, 3.8) is 0 Å². The number of hydrogen-bond acceptors (Lipinski definition) is 0. The van der Waals surface area contributed by atoms with E-state index in [1.165, 1.54) is 23.7 Å². The predicted molar refractivity (Wildman–Crippen MR) is 227 cm³/mol. The maximum absolute atomic E-state index is 2.68. The van der Waals surface area contributed by atoms with Crippen molar-refractivity contribution in [2.24, 2.45) is 147 Å². The van der Waals surface area contributed by atoms with Crippen LogP contribution in [0.1, 0.15) is 194 Å². The van der Waals surface area contributed by atoms with Crippen LogP contribution < -0.4 is 0 Å². The van der Waals surface area contributed by atoms with Crippen molar-refractivity contribution in [2.45, 2.75) is 194 Å². The molecule has 0 N–H and O–H groups in total. The van der Waals surface area contributed by atoms with Gasteiger partial charge >= 0.3 is 0 Å². The molecule has 0 nitrogen and oxygen atoms in total. The Bertz CT molecular complexity index is 1420. The molecule has 0 bridgehead atoms. The van der Waals surface area contributed by atoms with E-state index in [0.717, 1.165) is 124 Å². The Kier molecular flexibility index (Phi) is 8.77. The largest absolute Gasteiger partial charge is 0.0625 e. The van der Waals surface area contributed by atoms with Gasteiger partial charge in [-0.3, -0.25) is 0 Å². The molecule has 0 aliphatic heterocycles. The monoisotopic (exact) mass is 747 g/mol. The fourth-order valence-corrected chi connectivity index (χ4v) is 24.1. The van der Waals surface area contributed by atoms with Crippen molar-refractivity contribution in [3.05, 3.63) is 0 Å². The van der Waals surface area contributed by atoms with Gasteiger partial charge in [-0.25, -0.2) is 0 Å². The van der Waals surface area contributed by atoms with Gasteiger partial charge in [0, 0.05) is 0 Å². The summed E-state index contributed by atoms with van der Waals surface area (Å²) in [6.07, 6.45) is 46.0. The van der Waals surface area contributed by atoms with Crippen LogP contribution in [0.5, 0.6) is 0 Å². The normalized spacial score (nSPS) is 60.3. The zero-order valence-electron chi connectivity index (χ0n) is 36.2. The lowest BCUT2D eigenvalue weighted by molar-refractivity contribution is -0.247. The first-order valence-electron chi connectivity index (χ1n) is 27.1. The minimum absolute atomic E-state index is 0.772. The van der Waals surface area contributed by atoms with Gasteiger partial charge in [0.2, 0.25) is 0 Å². The van der Waals surface area contributed by atoms with Gasteiger partial charge in [0.25, 0.3) is 0 Å². The van der Waals surface area contributed by atoms with Crippen LogP contribution in [0.25, 0.3) is 0 Å². The van der Waals surface area contributed by atoms with E-state index in [4.69, 9.17) is 0 Å². The molecular formula is C55H86. The van der Waals surface area contributed by atoms with Gasteiger partial charge < -0.3 is 0 Å². The Morgan fingerprint density at radius 3 is 1.85 bits per heavy atom. The van der Waals surface area contributed by atoms with Gasteiger partial charge in [-0.05, 0) is 237 Å². The summed E-state index contributed by atoms with van der Waals surface area (Å²) in [5, 5.41) is 0. The van der Waals surface area contributed by atoms with E-state index >= 15 is 0 Å². The average Bonchev–Trinajstić information content (AvgIpc) is 3.83. The van der Waals surface area contributed by atoms with Gasteiger partial charge in [-0.15, -0.1) is 0 Å². The highest BCUT2D eigenvalue weighted by Crippen LogP contribution is 2.86. The third kappa shape index (κ3) is 4.99. The van der Waals surface area contributed by atoms with Gasteiger partial charge in [0.15, 0.2) is 0 Å². The number of fused-ring (bicyclic) bond motifs is 13. The number of hydrogen-bond donors (Lipinski definition) is 0. The molecule has 0 aromatic carbocycles. The first kappa shape index (κ1) is 35.7. The van der Waals surface area contributed by atoms with Gasteiger partial charge in [0.05, 0.1) is 0 Å². The highest BCUT2D eigenvalue weighted by atomic mass is 14.9. The van der Waals surface area contributed by atoms with E-state index in [1.54, 1.807) is 180 Å². The van der Waals surface area contributed by atoms with Gasteiger partial charge in [-0.2, -0.15) is 0 Å². The fourth-order valence-electron chi connectivity index (χ4n) is 24.1. The van der Waals surface area contributed by atoms with Crippen molar-refractivity contribution in [1.82, 2.24) is 0 Å². The molecule has 0 saturated heterocycles. The summed E-state index contributed by atoms with van der Waals surface area (Å²) < 4.78 is 0. The fraction of sp³-hybridized carbons (Fsp3) is 1.00. The van der Waals surface area contributed by atoms with Crippen molar-refractivity contribution in [1.29, 1.82) is 0 Å². The third-order valence-corrected chi connectivity index (χ3v) is 24.7. The van der Waals surface area contributed by atoms with Crippen LogP contribution >= 0.6 is 0 Å². The zero-order valence-corrected chi connectivity index (χ0v) is 36.2. The van der Waals surface area contributed by atoms with E-state index in [0.29, 0.717) is 0 Å². The van der Waals surface area contributed by atoms with Crippen LogP contribution in [0.3, 0.4) is 0 Å². The molecule has 13 fully saturated rings. The van der Waals surface area contributed by atoms with Crippen LogP contribution in [0.4, 0.5) is 0 Å². The van der Waals surface area contributed by atoms with E-state index in [2.05, 4.69) is 13.8 Å². The van der Waals surface area contributed by atoms with Crippen LogP contribution in [0.15, 0.2) is 0 Å². The molecular weight excluding hydrogens is 661 g/mol. The Balaban J connectivity index is 0.990. The summed E-state index contributed by atoms with van der Waals surface area (Å²) in [5.74, 6) is 27.1. The van der Waals surface area contributed by atoms with Crippen LogP contribution in [0, 0.1) is 147 Å². The zero-order chi connectivity index (χ0) is 36.2. The molecule has 0 radical (unpaired) electrons. The smallest absolute Gasteiger partial charge is 0.0165 e. The summed E-state index contributed by atoms with van der Waals surface area (Å²) in [4.78, 5) is 0. The van der Waals surface area contributed by atoms with Crippen molar-refractivity contribution < 1.29 is 0 Å². The third-order valence-electron chi connectivity index (χ3n) is 24.7. The average molecular weight is 747 g/mol. The lowest BCUT2D eigenvalue weighted by Gasteiger charge is -2.72. The molecule has 0 heterocycles. The predicted octanol–water partition coefficient (Wildman–Crippen LogP) is 14.9. The van der Waals surface area contributed by atoms with Crippen LogP contribution in [-0.2, 0) is 0 Å². The molecule has 0 amide bonds. The first-order valence-corrected chi connectivity index (χ1v) is 27.1. The summed E-state index contributed by atoms with van der Waals surface area (Å²) in [7, 11) is 0. The second-order valence-corrected chi connectivity index (χ2v) is 26.0. The summed E-state index contributed by atoms with van der Waals surface area (Å²) in [6.45, 7) is 5.36. The van der Waals surface area contributed by atoms with Crippen LogP contribution in [0.2, 0.25) is 0 Å². The lowest BCUT2D eigenvalue weighted by Crippen LogP contribution is -2.67. The molecule has 13 aliphatic carbocycles. The van der Waals surface area contributed by atoms with E-state index in [-0.39, 0.29) is 0 Å². The molecule has 55 heavy (non-hydrogen) atoms. The van der Waals surface area contributed by atoms with Crippen molar-refractivity contribution in [3.8, 4) is 0 Å². The Morgan fingerprint density at radius 2 is 1.04 bits per heavy atom. The van der Waals surface area contributed by atoms with Crippen molar-refractivity contribution in [2.75, 3.05) is 0 Å². The topological polar surface area (TPSA) is 0 Å². The minimum atomic E-state index is 0.772. The second-order valence-electron chi connectivity index (χ2n) is 26.0. The molecule has 1 spiro atoms. The molecule has 0 heteroatoms. The SMILES string of the molecule is CC(C)C1CC2CC3CCC4C5CCCCC5C5C6CC(CC7CCCCC7)CCC6C6(C2C(C1)C1C[C@H]2C7CCCCC7CC7CCCCC7[C@H]2C16)C3C45. The first-order chi connectivity index (χ1) is 27.1. The number of rotatable bonds is 3. The van der Waals surface area contributed by atoms with Crippen molar-refractivity contribution >= 4 is 0 Å². The quantitative estimate of drug-likeness (QED) is 0.270. The second kappa shape index (κ2) is 13.5. The standard InChI is InChI=1S/C55H86/c1-31(2)37-28-38-27-36-21-22-43-41-18-10-11-19-42(41)49-47-25-33(24-32-12-4-3-5-13-32)20-23-48(47)55(53(36)51(43)49)52(38)45(29-37)46-30-44-39-16-8-6-14-34(39)26-35-15-7-9-17-40(35)50(44)54(46)55/h31-54H,3-30H2,1-2H3/t33?,34?,35?,36?,37?,38?,39?,40?,41?,42?,43?,44-,45?,46?,47?,48?,49?,50+,51?,52?,53?,54?,55?/m0/s1. The summed E-state index contributed by atoms with van der Waals surface area (Å²) in [5.41, 5.74) is 0.772. The maximum Gasteiger partial charge on any atom is -0.0165 e. The van der Waals surface area contributed by atoms with Crippen LogP contribution in [-0.4, -0.2) is 0 Å². The Morgan fingerprint density at radius 1 is 0.364 bits per heavy atom. The maximum atomic E-state index is 2.68. The molecule has 0 aromatic rings. The highest BCUT2D eigenvalue weighted by molar-refractivity contribution is 5.28. The Labute approximate surface area is 339 Å². The molecule has 13 aliphatic rings. The molecule has 13 saturated carbocycles. The van der Waals surface area contributed by atoms with Gasteiger partial charge in [-0.1, -0.05) is 104 Å². The van der Waals surface area contributed by atoms with E-state index in [9.17, 15) is 0 Å². The van der Waals surface area contributed by atoms with Gasteiger partial charge in [0.1, 0.15) is 0 Å². The molecule has 13 rings (SSSR count). The minimum Gasteiger partial charge on any atom is -0.0625 e. The van der Waals surface area contributed by atoms with E-state index < -0.39 is 0 Å². The van der Waals surface area contributed by atoms with E-state index in [1.807, 2.05) is 0 Å². The molecule has 0 aromatic heterocycles. The molecule has 306 valence electrons. The Hall–Kier alpha value is 0. The summed E-state index contributed by atoms with van der Waals surface area (Å²) >= 11 is 0. The molecule has 23 atom stereocenters. The highest BCUT2D eigenvalue weighted by Gasteiger charge is 2.81.